The molecule has 3 rings (SSSR count). The molecule has 2 aromatic carbocycles. The number of nitrogens with one attached hydrogen (secondary N) is 2. The molecule has 2 aromatic rings. The Balaban J connectivity index is 1.61. The minimum atomic E-state index is -1.95. The maximum absolute atomic E-state index is 11.0. The molecule has 0 spiro atoms. The Morgan fingerprint density at radius 2 is 2.03 bits per heavy atom. The molecule has 0 aliphatic carbocycles. The number of hydrogen-bond acceptors (Lipinski definition) is 5. The van der Waals surface area contributed by atoms with E-state index in [1.165, 1.54) is 0 Å². The Morgan fingerprint density at radius 1 is 1.30 bits per heavy atom. The first-order valence-electron chi connectivity index (χ1n) is 9.58. The van der Waals surface area contributed by atoms with Gasteiger partial charge in [0.2, 0.25) is 0 Å². The molecule has 0 saturated heterocycles. The number of hydrogen-bond donors (Lipinski definition) is 4. The molecule has 5 N–H and O–H groups in total. The number of amidine groups is 1. The minimum absolute atomic E-state index is 0.379. The first-order valence-corrected chi connectivity index (χ1v) is 11.1. The molecule has 0 bridgehead atoms. The zero-order valence-electron chi connectivity index (χ0n) is 16.9. The van der Waals surface area contributed by atoms with Crippen molar-refractivity contribution < 1.29 is 8.76 Å². The summed E-state index contributed by atoms with van der Waals surface area (Å²) >= 11 is 4.34. The van der Waals surface area contributed by atoms with E-state index in [-0.39, 0.29) is 6.29 Å². The van der Waals surface area contributed by atoms with Gasteiger partial charge in [0.25, 0.3) is 0 Å². The van der Waals surface area contributed by atoms with Crippen LogP contribution < -0.4 is 16.4 Å². The Morgan fingerprint density at radius 3 is 2.73 bits per heavy atom. The van der Waals surface area contributed by atoms with Crippen molar-refractivity contribution in [1.82, 2.24) is 10.2 Å². The van der Waals surface area contributed by atoms with Crippen LogP contribution in [-0.4, -0.2) is 45.9 Å². The van der Waals surface area contributed by atoms with Crippen LogP contribution in [0.3, 0.4) is 0 Å². The van der Waals surface area contributed by atoms with Gasteiger partial charge in [-0.2, -0.15) is 0 Å². The molecule has 160 valence electrons. The van der Waals surface area contributed by atoms with Crippen LogP contribution in [0, 0.1) is 6.92 Å². The summed E-state index contributed by atoms with van der Waals surface area (Å²) in [6.07, 6.45) is 2.43. The van der Waals surface area contributed by atoms with Crippen LogP contribution in [0.4, 0.5) is 5.69 Å². The second-order valence-corrected chi connectivity index (χ2v) is 8.34. The maximum Gasteiger partial charge on any atom is 0.186 e. The van der Waals surface area contributed by atoms with E-state index < -0.39 is 11.1 Å². The number of anilines is 1. The summed E-state index contributed by atoms with van der Waals surface area (Å²) in [5.74, 6) is 0.741. The number of aliphatic imine (C=N–C) groups is 1. The summed E-state index contributed by atoms with van der Waals surface area (Å²) in [7, 11) is 1.93. The predicted octanol–water partition coefficient (Wildman–Crippen LogP) is 3.25. The fourth-order valence-electron chi connectivity index (χ4n) is 3.12. The normalized spacial score (nSPS) is 18.7. The smallest absolute Gasteiger partial charge is 0.186 e. The molecule has 0 amide bonds. The highest BCUT2D eigenvalue weighted by atomic mass is 35.5. The lowest BCUT2D eigenvalue weighted by Gasteiger charge is -2.35. The fourth-order valence-corrected chi connectivity index (χ4v) is 3.66. The van der Waals surface area contributed by atoms with Gasteiger partial charge in [0.1, 0.15) is 5.84 Å². The Labute approximate surface area is 184 Å². The third-order valence-electron chi connectivity index (χ3n) is 4.91. The van der Waals surface area contributed by atoms with Gasteiger partial charge < -0.3 is 20.1 Å². The highest BCUT2D eigenvalue weighted by Crippen LogP contribution is 2.28. The third kappa shape index (κ3) is 5.40. The van der Waals surface area contributed by atoms with Crippen molar-refractivity contribution in [3.05, 3.63) is 64.7 Å². The number of nitrogens with two attached hydrogens (primary N) is 1. The molecule has 2 atom stereocenters. The van der Waals surface area contributed by atoms with Gasteiger partial charge in [0.05, 0.1) is 10.6 Å². The second kappa shape index (κ2) is 10.1. The largest absolute Gasteiger partial charge is 0.385 e. The molecule has 0 aromatic heterocycles. The van der Waals surface area contributed by atoms with Gasteiger partial charge in [0, 0.05) is 42.5 Å². The Hall–Kier alpha value is -2.39. The van der Waals surface area contributed by atoms with Crippen LogP contribution in [0.25, 0.3) is 5.70 Å². The first kappa shape index (κ1) is 22.3. The molecule has 2 unspecified atom stereocenters. The van der Waals surface area contributed by atoms with Gasteiger partial charge in [-0.3, -0.25) is 10.7 Å². The Kier molecular flexibility index (Phi) is 7.49. The lowest BCUT2D eigenvalue weighted by atomic mass is 10.0. The van der Waals surface area contributed by atoms with Crippen molar-refractivity contribution in [1.29, 1.82) is 0 Å². The van der Waals surface area contributed by atoms with Gasteiger partial charge in [-0.1, -0.05) is 23.7 Å². The van der Waals surface area contributed by atoms with Gasteiger partial charge in [-0.05, 0) is 49.2 Å². The Bertz CT molecular complexity index is 978. The number of benzene rings is 2. The summed E-state index contributed by atoms with van der Waals surface area (Å²) in [5.41, 5.74) is 10.1. The van der Waals surface area contributed by atoms with E-state index in [4.69, 9.17) is 21.9 Å². The molecule has 0 fully saturated rings. The van der Waals surface area contributed by atoms with Crippen LogP contribution in [0.15, 0.2) is 58.4 Å². The van der Waals surface area contributed by atoms with Crippen molar-refractivity contribution >= 4 is 39.9 Å². The molecule has 30 heavy (non-hydrogen) atoms. The molecular formula is C21H26ClN5O2S. The summed E-state index contributed by atoms with van der Waals surface area (Å²) in [6, 6.07) is 12.7. The first-order chi connectivity index (χ1) is 14.4. The summed E-state index contributed by atoms with van der Waals surface area (Å²) < 4.78 is 20.0. The third-order valence-corrected chi connectivity index (χ3v) is 6.00. The fraction of sp³-hybridized carbons (Fsp3) is 0.286. The van der Waals surface area contributed by atoms with E-state index in [0.717, 1.165) is 46.3 Å². The highest BCUT2D eigenvalue weighted by molar-refractivity contribution is 7.79. The molecular weight excluding hydrogens is 422 g/mol. The number of nitrogens with zero attached hydrogens (tertiary/aromatic N) is 2. The van der Waals surface area contributed by atoms with Gasteiger partial charge in [-0.25, -0.2) is 4.21 Å². The minimum Gasteiger partial charge on any atom is -0.385 e. The van der Waals surface area contributed by atoms with E-state index >= 15 is 0 Å². The SMILES string of the molecule is Cc1c(Cl)cccc1C1=CC(=NCCCNc2ccc(S(=O)O)cc2)NC(N)N1C. The van der Waals surface area contributed by atoms with Crippen molar-refractivity contribution in [3.63, 3.8) is 0 Å². The zero-order valence-corrected chi connectivity index (χ0v) is 18.5. The van der Waals surface area contributed by atoms with E-state index in [0.29, 0.717) is 11.4 Å². The molecule has 0 saturated carbocycles. The van der Waals surface area contributed by atoms with Crippen LogP contribution >= 0.6 is 11.6 Å². The van der Waals surface area contributed by atoms with Crippen LogP contribution in [-0.2, 0) is 11.1 Å². The van der Waals surface area contributed by atoms with Crippen molar-refractivity contribution in [2.24, 2.45) is 10.7 Å². The number of halogens is 1. The second-order valence-electron chi connectivity index (χ2n) is 6.96. The van der Waals surface area contributed by atoms with Crippen molar-refractivity contribution in [2.45, 2.75) is 24.5 Å². The van der Waals surface area contributed by atoms with Crippen LogP contribution in [0.1, 0.15) is 17.5 Å². The predicted molar refractivity (Wildman–Crippen MR) is 124 cm³/mol. The molecule has 1 aliphatic rings. The van der Waals surface area contributed by atoms with Gasteiger partial charge in [-0.15, -0.1) is 0 Å². The molecule has 7 nitrogen and oxygen atoms in total. The topological polar surface area (TPSA) is 103 Å². The number of rotatable bonds is 7. The molecule has 0 radical (unpaired) electrons. The maximum atomic E-state index is 11.0. The van der Waals surface area contributed by atoms with E-state index in [2.05, 4.69) is 15.6 Å². The summed E-state index contributed by atoms with van der Waals surface area (Å²) in [6.45, 7) is 3.35. The standard InChI is InChI=1S/C21H26ClN5O2S/c1-14-17(5-3-6-18(14)22)19-13-20(26-21(23)27(19)2)25-12-4-11-24-15-7-9-16(10-8-15)30(28)29/h3,5-10,13,21,24H,4,11-12,23H2,1-2H3,(H,25,26)(H,28,29). The van der Waals surface area contributed by atoms with Gasteiger partial charge in [0.15, 0.2) is 17.4 Å². The van der Waals surface area contributed by atoms with Crippen molar-refractivity contribution in [3.8, 4) is 0 Å². The average Bonchev–Trinajstić information content (AvgIpc) is 2.73. The van der Waals surface area contributed by atoms with E-state index in [1.54, 1.807) is 24.3 Å². The van der Waals surface area contributed by atoms with Crippen LogP contribution in [0.5, 0.6) is 0 Å². The quantitative estimate of drug-likeness (QED) is 0.384. The lowest BCUT2D eigenvalue weighted by Crippen LogP contribution is -2.54. The molecule has 1 heterocycles. The van der Waals surface area contributed by atoms with Crippen molar-refractivity contribution in [2.75, 3.05) is 25.5 Å². The summed E-state index contributed by atoms with van der Waals surface area (Å²) in [5, 5.41) is 7.20. The monoisotopic (exact) mass is 447 g/mol. The van der Waals surface area contributed by atoms with E-state index in [9.17, 15) is 4.21 Å². The van der Waals surface area contributed by atoms with E-state index in [1.807, 2.05) is 43.1 Å². The van der Waals surface area contributed by atoms with Gasteiger partial charge >= 0.3 is 0 Å². The molecule has 1 aliphatic heterocycles. The lowest BCUT2D eigenvalue weighted by molar-refractivity contribution is 0.328. The average molecular weight is 448 g/mol. The molecule has 9 heteroatoms. The zero-order chi connectivity index (χ0) is 21.7. The summed E-state index contributed by atoms with van der Waals surface area (Å²) in [4.78, 5) is 6.98. The highest BCUT2D eigenvalue weighted by Gasteiger charge is 2.22. The van der Waals surface area contributed by atoms with Crippen LogP contribution in [0.2, 0.25) is 5.02 Å².